The molecule has 0 atom stereocenters. The van der Waals surface area contributed by atoms with Gasteiger partial charge in [0.2, 0.25) is 5.96 Å². The van der Waals surface area contributed by atoms with Crippen LogP contribution < -0.4 is 5.32 Å². The summed E-state index contributed by atoms with van der Waals surface area (Å²) in [5.74, 6) is 0.913. The summed E-state index contributed by atoms with van der Waals surface area (Å²) in [5, 5.41) is 3.50. The summed E-state index contributed by atoms with van der Waals surface area (Å²) in [7, 11) is 0. The highest BCUT2D eigenvalue weighted by molar-refractivity contribution is 6.03. The van der Waals surface area contributed by atoms with E-state index >= 15 is 0 Å². The molecule has 1 fully saturated rings. The molecule has 0 unspecified atom stereocenters. The molecule has 21 heavy (non-hydrogen) atoms. The Morgan fingerprint density at radius 1 is 0.905 bits per heavy atom. The van der Waals surface area contributed by atoms with E-state index in [9.17, 15) is 0 Å². The third-order valence-corrected chi connectivity index (χ3v) is 3.90. The van der Waals surface area contributed by atoms with Crippen LogP contribution in [0.25, 0.3) is 11.1 Å². The van der Waals surface area contributed by atoms with Crippen LogP contribution in [0.5, 0.6) is 0 Å². The highest BCUT2D eigenvalue weighted by atomic mass is 16.5. The summed E-state index contributed by atoms with van der Waals surface area (Å²) in [5.41, 5.74) is 4.48. The zero-order valence-corrected chi connectivity index (χ0v) is 11.7. The minimum absolute atomic E-state index is 0.754. The van der Waals surface area contributed by atoms with E-state index in [1.165, 1.54) is 11.1 Å². The zero-order valence-electron chi connectivity index (χ0n) is 11.7. The summed E-state index contributed by atoms with van der Waals surface area (Å²) < 4.78 is 5.44. The van der Waals surface area contributed by atoms with Crippen molar-refractivity contribution in [2.45, 2.75) is 0 Å². The molecule has 0 amide bonds. The second-order valence-electron chi connectivity index (χ2n) is 5.22. The average molecular weight is 279 g/mol. The molecule has 1 saturated heterocycles. The van der Waals surface area contributed by atoms with Gasteiger partial charge >= 0.3 is 0 Å². The van der Waals surface area contributed by atoms with Crippen molar-refractivity contribution < 1.29 is 4.74 Å². The molecule has 2 aliphatic heterocycles. The first kappa shape index (κ1) is 12.4. The van der Waals surface area contributed by atoms with Gasteiger partial charge in [0.1, 0.15) is 0 Å². The molecule has 0 aliphatic carbocycles. The number of guanidine groups is 1. The number of para-hydroxylation sites is 2. The maximum Gasteiger partial charge on any atom is 0.203 e. The van der Waals surface area contributed by atoms with Crippen molar-refractivity contribution in [1.29, 1.82) is 0 Å². The molecule has 0 aromatic heterocycles. The van der Waals surface area contributed by atoms with Crippen LogP contribution in [-0.4, -0.2) is 37.2 Å². The van der Waals surface area contributed by atoms with Crippen LogP contribution in [0.1, 0.15) is 0 Å². The van der Waals surface area contributed by atoms with E-state index in [0.29, 0.717) is 0 Å². The third-order valence-electron chi connectivity index (χ3n) is 3.90. The van der Waals surface area contributed by atoms with Gasteiger partial charge in [0.25, 0.3) is 0 Å². The Balaban J connectivity index is 1.83. The monoisotopic (exact) mass is 279 g/mol. The number of anilines is 1. The highest BCUT2D eigenvalue weighted by Gasteiger charge is 2.20. The molecule has 0 bridgehead atoms. The predicted octanol–water partition coefficient (Wildman–Crippen LogP) is 3.10. The van der Waals surface area contributed by atoms with Crippen LogP contribution in [0.4, 0.5) is 11.4 Å². The first-order valence-corrected chi connectivity index (χ1v) is 7.29. The van der Waals surface area contributed by atoms with Crippen molar-refractivity contribution in [1.82, 2.24) is 4.90 Å². The molecule has 2 aliphatic rings. The Labute approximate surface area is 124 Å². The van der Waals surface area contributed by atoms with Crippen molar-refractivity contribution in [3.8, 4) is 11.1 Å². The molecule has 0 radical (unpaired) electrons. The lowest BCUT2D eigenvalue weighted by Gasteiger charge is -2.29. The number of nitrogens with zero attached hydrogens (tertiary/aromatic N) is 2. The molecule has 2 aromatic carbocycles. The van der Waals surface area contributed by atoms with Crippen LogP contribution >= 0.6 is 0 Å². The van der Waals surface area contributed by atoms with Gasteiger partial charge in [-0.05, 0) is 12.1 Å². The van der Waals surface area contributed by atoms with Crippen molar-refractivity contribution in [2.24, 2.45) is 4.99 Å². The number of rotatable bonds is 0. The van der Waals surface area contributed by atoms with Gasteiger partial charge in [-0.1, -0.05) is 36.4 Å². The molecule has 1 N–H and O–H groups in total. The smallest absolute Gasteiger partial charge is 0.203 e. The Kier molecular flexibility index (Phi) is 3.09. The summed E-state index contributed by atoms with van der Waals surface area (Å²) in [4.78, 5) is 7.11. The van der Waals surface area contributed by atoms with E-state index < -0.39 is 0 Å². The Bertz CT molecular complexity index is 690. The molecule has 2 aromatic rings. The predicted molar refractivity (Wildman–Crippen MR) is 85.0 cm³/mol. The fourth-order valence-corrected chi connectivity index (χ4v) is 2.81. The van der Waals surface area contributed by atoms with Gasteiger partial charge in [-0.25, -0.2) is 4.99 Å². The third kappa shape index (κ3) is 2.28. The quantitative estimate of drug-likeness (QED) is 0.805. The Morgan fingerprint density at radius 2 is 1.62 bits per heavy atom. The first-order valence-electron chi connectivity index (χ1n) is 7.29. The SMILES string of the molecule is c1ccc2c(c1)N=C(N1CCOCC1)Nc1ccccc1-2. The molecule has 4 nitrogen and oxygen atoms in total. The van der Waals surface area contributed by atoms with E-state index in [4.69, 9.17) is 9.73 Å². The van der Waals surface area contributed by atoms with Gasteiger partial charge in [0.15, 0.2) is 0 Å². The summed E-state index contributed by atoms with van der Waals surface area (Å²) in [6, 6.07) is 16.7. The van der Waals surface area contributed by atoms with Crippen LogP contribution in [0, 0.1) is 0 Å². The molecule has 2 heterocycles. The number of hydrogen-bond acceptors (Lipinski definition) is 4. The molecule has 4 heteroatoms. The lowest BCUT2D eigenvalue weighted by molar-refractivity contribution is 0.0680. The van der Waals surface area contributed by atoms with Gasteiger partial charge in [-0.3, -0.25) is 0 Å². The number of nitrogens with one attached hydrogen (secondary N) is 1. The molecule has 106 valence electrons. The topological polar surface area (TPSA) is 36.9 Å². The Morgan fingerprint density at radius 3 is 2.48 bits per heavy atom. The molecular formula is C17H17N3O. The van der Waals surface area contributed by atoms with Crippen molar-refractivity contribution in [2.75, 3.05) is 31.6 Å². The van der Waals surface area contributed by atoms with Crippen LogP contribution in [0.15, 0.2) is 53.5 Å². The normalized spacial score (nSPS) is 17.1. The minimum atomic E-state index is 0.754. The molecule has 4 rings (SSSR count). The van der Waals surface area contributed by atoms with Gasteiger partial charge in [0.05, 0.1) is 18.9 Å². The number of aliphatic imine (C=N–C) groups is 1. The summed E-state index contributed by atoms with van der Waals surface area (Å²) in [6.07, 6.45) is 0. The first-order chi connectivity index (χ1) is 10.4. The average Bonchev–Trinajstić information content (AvgIpc) is 2.72. The summed E-state index contributed by atoms with van der Waals surface area (Å²) >= 11 is 0. The van der Waals surface area contributed by atoms with E-state index in [1.54, 1.807) is 0 Å². The van der Waals surface area contributed by atoms with Crippen LogP contribution in [0.2, 0.25) is 0 Å². The van der Waals surface area contributed by atoms with Crippen LogP contribution in [-0.2, 0) is 4.74 Å². The molecule has 0 saturated carbocycles. The highest BCUT2D eigenvalue weighted by Crippen LogP contribution is 2.37. The van der Waals surface area contributed by atoms with Crippen molar-refractivity contribution in [3.05, 3.63) is 48.5 Å². The van der Waals surface area contributed by atoms with E-state index in [2.05, 4.69) is 52.7 Å². The number of hydrogen-bond donors (Lipinski definition) is 1. The lowest BCUT2D eigenvalue weighted by atomic mass is 10.0. The number of ether oxygens (including phenoxy) is 1. The second-order valence-corrected chi connectivity index (χ2v) is 5.22. The van der Waals surface area contributed by atoms with Crippen molar-refractivity contribution >= 4 is 17.3 Å². The van der Waals surface area contributed by atoms with Gasteiger partial charge in [-0.2, -0.15) is 0 Å². The van der Waals surface area contributed by atoms with Crippen molar-refractivity contribution in [3.63, 3.8) is 0 Å². The van der Waals surface area contributed by atoms with Gasteiger partial charge < -0.3 is 15.0 Å². The van der Waals surface area contributed by atoms with E-state index in [-0.39, 0.29) is 0 Å². The minimum Gasteiger partial charge on any atom is -0.378 e. The van der Waals surface area contributed by atoms with E-state index in [0.717, 1.165) is 43.6 Å². The number of fused-ring (bicyclic) bond motifs is 3. The summed E-state index contributed by atoms with van der Waals surface area (Å²) in [6.45, 7) is 3.25. The molecule has 0 spiro atoms. The zero-order chi connectivity index (χ0) is 14.1. The molecular weight excluding hydrogens is 262 g/mol. The second kappa shape index (κ2) is 5.22. The fourth-order valence-electron chi connectivity index (χ4n) is 2.81. The largest absolute Gasteiger partial charge is 0.378 e. The van der Waals surface area contributed by atoms with Crippen LogP contribution in [0.3, 0.4) is 0 Å². The van der Waals surface area contributed by atoms with Gasteiger partial charge in [0, 0.05) is 29.9 Å². The van der Waals surface area contributed by atoms with E-state index in [1.807, 2.05) is 6.07 Å². The standard InChI is InChI=1S/C17H17N3O/c1-3-7-15-13(5-1)14-6-2-4-8-16(14)19-17(18-15)20-9-11-21-12-10-20/h1-8H,9-12H2,(H,18,19). The number of morpholine rings is 1. The lowest BCUT2D eigenvalue weighted by Crippen LogP contribution is -2.43. The Hall–Kier alpha value is -2.33. The number of benzene rings is 2. The maximum absolute atomic E-state index is 5.44. The van der Waals surface area contributed by atoms with Gasteiger partial charge in [-0.15, -0.1) is 0 Å². The fraction of sp³-hybridized carbons (Fsp3) is 0.235. The maximum atomic E-state index is 5.44.